The van der Waals surface area contributed by atoms with E-state index in [1.165, 1.54) is 0 Å². The Hall–Kier alpha value is -1.79. The van der Waals surface area contributed by atoms with Crippen molar-refractivity contribution in [3.63, 3.8) is 0 Å². The SMILES string of the molecule is Cc1ccc(NC(=O)NCC(C)(O)C(=O)O)c(Cl)c1. The number of nitrogens with one attached hydrogen (secondary N) is 2. The zero-order chi connectivity index (χ0) is 14.6. The topological polar surface area (TPSA) is 98.7 Å². The summed E-state index contributed by atoms with van der Waals surface area (Å²) in [7, 11) is 0. The van der Waals surface area contributed by atoms with Crippen molar-refractivity contribution >= 4 is 29.3 Å². The number of halogens is 1. The van der Waals surface area contributed by atoms with Gasteiger partial charge in [0.2, 0.25) is 0 Å². The summed E-state index contributed by atoms with van der Waals surface area (Å²) >= 11 is 5.93. The lowest BCUT2D eigenvalue weighted by Gasteiger charge is -2.18. The molecule has 0 heterocycles. The number of benzene rings is 1. The van der Waals surface area contributed by atoms with Crippen LogP contribution in [0.5, 0.6) is 0 Å². The molecule has 1 unspecified atom stereocenters. The molecule has 4 N–H and O–H groups in total. The van der Waals surface area contributed by atoms with Crippen LogP contribution >= 0.6 is 11.6 Å². The normalized spacial score (nSPS) is 13.5. The van der Waals surface area contributed by atoms with Crippen LogP contribution < -0.4 is 10.6 Å². The van der Waals surface area contributed by atoms with Gasteiger partial charge in [-0.15, -0.1) is 0 Å². The number of urea groups is 1. The number of amides is 2. The molecule has 2 amide bonds. The van der Waals surface area contributed by atoms with E-state index < -0.39 is 24.1 Å². The van der Waals surface area contributed by atoms with Gasteiger partial charge in [-0.25, -0.2) is 9.59 Å². The number of carboxylic acid groups (broad SMARTS) is 1. The monoisotopic (exact) mass is 286 g/mol. The first-order valence-corrected chi connectivity index (χ1v) is 5.87. The van der Waals surface area contributed by atoms with Crippen LogP contribution in [0.1, 0.15) is 12.5 Å². The second kappa shape index (κ2) is 5.90. The lowest BCUT2D eigenvalue weighted by Crippen LogP contribution is -2.47. The van der Waals surface area contributed by atoms with Crippen molar-refractivity contribution < 1.29 is 19.8 Å². The van der Waals surface area contributed by atoms with Crippen molar-refractivity contribution in [2.75, 3.05) is 11.9 Å². The average Bonchev–Trinajstić information content (AvgIpc) is 2.30. The van der Waals surface area contributed by atoms with Gasteiger partial charge >= 0.3 is 12.0 Å². The number of aryl methyl sites for hydroxylation is 1. The third-order valence-corrected chi connectivity index (χ3v) is 2.74. The van der Waals surface area contributed by atoms with Gasteiger partial charge < -0.3 is 20.8 Å². The highest BCUT2D eigenvalue weighted by molar-refractivity contribution is 6.33. The molecule has 0 saturated carbocycles. The Morgan fingerprint density at radius 1 is 1.42 bits per heavy atom. The van der Waals surface area contributed by atoms with E-state index in [0.29, 0.717) is 10.7 Å². The average molecular weight is 287 g/mol. The summed E-state index contributed by atoms with van der Waals surface area (Å²) in [4.78, 5) is 22.2. The Labute approximate surface area is 115 Å². The highest BCUT2D eigenvalue weighted by Gasteiger charge is 2.30. The maximum atomic E-state index is 11.5. The van der Waals surface area contributed by atoms with Gasteiger partial charge in [0.15, 0.2) is 5.60 Å². The van der Waals surface area contributed by atoms with Crippen LogP contribution in [0, 0.1) is 6.92 Å². The Kier molecular flexibility index (Phi) is 4.74. The summed E-state index contributed by atoms with van der Waals surface area (Å²) in [6.45, 7) is 2.53. The van der Waals surface area contributed by atoms with Gasteiger partial charge in [0, 0.05) is 0 Å². The summed E-state index contributed by atoms with van der Waals surface area (Å²) < 4.78 is 0. The minimum absolute atomic E-state index is 0.375. The predicted octanol–water partition coefficient (Wildman–Crippen LogP) is 1.61. The molecule has 104 valence electrons. The molecular formula is C12H15ClN2O4. The third-order valence-electron chi connectivity index (χ3n) is 2.43. The van der Waals surface area contributed by atoms with Crippen LogP contribution in [0.15, 0.2) is 18.2 Å². The molecule has 0 bridgehead atoms. The number of anilines is 1. The Morgan fingerprint density at radius 3 is 2.58 bits per heavy atom. The number of aliphatic carboxylic acids is 1. The van der Waals surface area contributed by atoms with E-state index in [9.17, 15) is 14.7 Å². The first kappa shape index (κ1) is 15.3. The van der Waals surface area contributed by atoms with Crippen molar-refractivity contribution in [2.24, 2.45) is 0 Å². The second-order valence-corrected chi connectivity index (χ2v) is 4.78. The van der Waals surface area contributed by atoms with Crippen LogP contribution in [-0.4, -0.2) is 34.4 Å². The molecule has 1 atom stereocenters. The highest BCUT2D eigenvalue weighted by Crippen LogP contribution is 2.22. The zero-order valence-electron chi connectivity index (χ0n) is 10.5. The Bertz CT molecular complexity index is 503. The van der Waals surface area contributed by atoms with E-state index >= 15 is 0 Å². The lowest BCUT2D eigenvalue weighted by molar-refractivity contribution is -0.155. The van der Waals surface area contributed by atoms with Gasteiger partial charge in [0.25, 0.3) is 0 Å². The smallest absolute Gasteiger partial charge is 0.337 e. The van der Waals surface area contributed by atoms with E-state index in [4.69, 9.17) is 16.7 Å². The fourth-order valence-corrected chi connectivity index (χ4v) is 1.50. The molecule has 1 aromatic carbocycles. The van der Waals surface area contributed by atoms with E-state index in [1.807, 2.05) is 6.92 Å². The van der Waals surface area contributed by atoms with Gasteiger partial charge in [-0.2, -0.15) is 0 Å². The maximum absolute atomic E-state index is 11.5. The first-order chi connectivity index (χ1) is 8.72. The Balaban J connectivity index is 2.59. The van der Waals surface area contributed by atoms with Crippen LogP contribution in [0.3, 0.4) is 0 Å². The van der Waals surface area contributed by atoms with E-state index in [1.54, 1.807) is 18.2 Å². The van der Waals surface area contributed by atoms with Crippen LogP contribution in [0.4, 0.5) is 10.5 Å². The molecule has 0 radical (unpaired) electrons. The minimum Gasteiger partial charge on any atom is -0.479 e. The summed E-state index contributed by atoms with van der Waals surface area (Å²) in [6.07, 6.45) is 0. The molecule has 19 heavy (non-hydrogen) atoms. The molecule has 0 spiro atoms. The van der Waals surface area contributed by atoms with Crippen molar-refractivity contribution in [2.45, 2.75) is 19.4 Å². The van der Waals surface area contributed by atoms with Crippen molar-refractivity contribution in [3.05, 3.63) is 28.8 Å². The summed E-state index contributed by atoms with van der Waals surface area (Å²) in [5.41, 5.74) is -0.668. The second-order valence-electron chi connectivity index (χ2n) is 4.37. The van der Waals surface area contributed by atoms with Crippen molar-refractivity contribution in [1.29, 1.82) is 0 Å². The molecule has 1 aromatic rings. The fraction of sp³-hybridized carbons (Fsp3) is 0.333. The Morgan fingerprint density at radius 2 is 2.05 bits per heavy atom. The van der Waals surface area contributed by atoms with Crippen LogP contribution in [-0.2, 0) is 4.79 Å². The molecule has 0 saturated heterocycles. The van der Waals surface area contributed by atoms with Gasteiger partial charge in [-0.1, -0.05) is 17.7 Å². The molecule has 7 heteroatoms. The van der Waals surface area contributed by atoms with E-state index in [-0.39, 0.29) is 0 Å². The van der Waals surface area contributed by atoms with Crippen LogP contribution in [0.25, 0.3) is 0 Å². The number of hydrogen-bond donors (Lipinski definition) is 4. The van der Waals surface area contributed by atoms with Crippen LogP contribution in [0.2, 0.25) is 5.02 Å². The number of rotatable bonds is 4. The summed E-state index contributed by atoms with van der Waals surface area (Å²) in [5.74, 6) is -1.42. The first-order valence-electron chi connectivity index (χ1n) is 5.49. The number of carbonyl (C=O) groups excluding carboxylic acids is 1. The molecule has 0 aromatic heterocycles. The minimum atomic E-state index is -2.02. The maximum Gasteiger partial charge on any atom is 0.337 e. The quantitative estimate of drug-likeness (QED) is 0.676. The number of carboxylic acids is 1. The van der Waals surface area contributed by atoms with Crippen molar-refractivity contribution in [3.8, 4) is 0 Å². The van der Waals surface area contributed by atoms with Gasteiger partial charge in [0.1, 0.15) is 0 Å². The summed E-state index contributed by atoms with van der Waals surface area (Å²) in [6, 6.07) is 4.44. The van der Waals surface area contributed by atoms with E-state index in [0.717, 1.165) is 12.5 Å². The summed E-state index contributed by atoms with van der Waals surface area (Å²) in [5, 5.41) is 23.2. The number of hydrogen-bond acceptors (Lipinski definition) is 3. The third kappa shape index (κ3) is 4.42. The lowest BCUT2D eigenvalue weighted by atomic mass is 10.1. The molecule has 0 aliphatic rings. The van der Waals surface area contributed by atoms with E-state index in [2.05, 4.69) is 10.6 Å². The number of carbonyl (C=O) groups is 2. The molecule has 6 nitrogen and oxygen atoms in total. The molecule has 0 aliphatic heterocycles. The predicted molar refractivity (Wildman–Crippen MR) is 71.5 cm³/mol. The molecule has 0 fully saturated rings. The van der Waals surface area contributed by atoms with Gasteiger partial charge in [-0.3, -0.25) is 0 Å². The number of aliphatic hydroxyl groups is 1. The van der Waals surface area contributed by atoms with Gasteiger partial charge in [-0.05, 0) is 31.5 Å². The van der Waals surface area contributed by atoms with Crippen molar-refractivity contribution in [1.82, 2.24) is 5.32 Å². The van der Waals surface area contributed by atoms with Gasteiger partial charge in [0.05, 0.1) is 17.3 Å². The largest absolute Gasteiger partial charge is 0.479 e. The molecule has 1 rings (SSSR count). The highest BCUT2D eigenvalue weighted by atomic mass is 35.5. The molecular weight excluding hydrogens is 272 g/mol. The zero-order valence-corrected chi connectivity index (χ0v) is 11.3. The fourth-order valence-electron chi connectivity index (χ4n) is 1.22. The standard InChI is InChI=1S/C12H15ClN2O4/c1-7-3-4-9(8(13)5-7)15-11(18)14-6-12(2,19)10(16)17/h3-5,19H,6H2,1-2H3,(H,16,17)(H2,14,15,18). The molecule has 0 aliphatic carbocycles.